The Kier molecular flexibility index (Phi) is 4.31. The van der Waals surface area contributed by atoms with E-state index in [2.05, 4.69) is 10.3 Å². The van der Waals surface area contributed by atoms with E-state index in [-0.39, 0.29) is 23.5 Å². The van der Waals surface area contributed by atoms with E-state index in [4.69, 9.17) is 0 Å². The fourth-order valence-corrected chi connectivity index (χ4v) is 2.53. The van der Waals surface area contributed by atoms with Crippen LogP contribution in [-0.2, 0) is 13.6 Å². The molecule has 0 saturated carbocycles. The minimum Gasteiger partial charge on any atom is -0.372 e. The van der Waals surface area contributed by atoms with Gasteiger partial charge in [0.2, 0.25) is 0 Å². The third kappa shape index (κ3) is 3.07. The molecule has 3 aromatic rings. The van der Waals surface area contributed by atoms with E-state index in [9.17, 15) is 25.0 Å². The maximum atomic E-state index is 12.4. The average molecular weight is 355 g/mol. The maximum Gasteiger partial charge on any atom is 0.299 e. The molecule has 1 N–H and O–H groups in total. The summed E-state index contributed by atoms with van der Waals surface area (Å²) in [5.41, 5.74) is -0.414. The smallest absolute Gasteiger partial charge is 0.299 e. The van der Waals surface area contributed by atoms with Gasteiger partial charge in [0.25, 0.3) is 16.9 Å². The van der Waals surface area contributed by atoms with Gasteiger partial charge in [-0.05, 0) is 18.2 Å². The van der Waals surface area contributed by atoms with Crippen LogP contribution >= 0.6 is 0 Å². The molecule has 0 aliphatic carbocycles. The van der Waals surface area contributed by atoms with Crippen molar-refractivity contribution in [3.8, 4) is 0 Å². The maximum absolute atomic E-state index is 12.4. The van der Waals surface area contributed by atoms with Crippen molar-refractivity contribution in [3.63, 3.8) is 0 Å². The Morgan fingerprint density at radius 2 is 1.85 bits per heavy atom. The number of nitro benzene ring substituents is 2. The highest BCUT2D eigenvalue weighted by atomic mass is 16.6. The zero-order valence-electron chi connectivity index (χ0n) is 13.6. The topological polar surface area (TPSA) is 133 Å². The summed E-state index contributed by atoms with van der Waals surface area (Å²) in [7, 11) is 1.56. The van der Waals surface area contributed by atoms with Gasteiger partial charge in [-0.1, -0.05) is 12.1 Å². The fourth-order valence-electron chi connectivity index (χ4n) is 2.53. The van der Waals surface area contributed by atoms with Gasteiger partial charge in [0, 0.05) is 13.1 Å². The second kappa shape index (κ2) is 6.59. The summed E-state index contributed by atoms with van der Waals surface area (Å²) < 4.78 is 1.35. The number of aromatic nitrogens is 2. The molecule has 2 aromatic carbocycles. The van der Waals surface area contributed by atoms with Crippen molar-refractivity contribution in [3.05, 3.63) is 78.9 Å². The molecule has 132 valence electrons. The van der Waals surface area contributed by atoms with E-state index in [0.717, 1.165) is 6.07 Å². The van der Waals surface area contributed by atoms with Crippen molar-refractivity contribution in [2.45, 2.75) is 6.54 Å². The van der Waals surface area contributed by atoms with E-state index in [0.29, 0.717) is 16.7 Å². The van der Waals surface area contributed by atoms with Crippen LogP contribution in [0.3, 0.4) is 0 Å². The molecule has 0 aliphatic heterocycles. The van der Waals surface area contributed by atoms with Gasteiger partial charge in [0.15, 0.2) is 0 Å². The molecule has 0 spiro atoms. The van der Waals surface area contributed by atoms with Gasteiger partial charge in [-0.15, -0.1) is 0 Å². The molecule has 0 unspecified atom stereocenters. The highest BCUT2D eigenvalue weighted by molar-refractivity contribution is 5.77. The molecule has 0 bridgehead atoms. The molecule has 26 heavy (non-hydrogen) atoms. The largest absolute Gasteiger partial charge is 0.372 e. The lowest BCUT2D eigenvalue weighted by molar-refractivity contribution is -0.393. The van der Waals surface area contributed by atoms with Crippen molar-refractivity contribution in [1.29, 1.82) is 0 Å². The van der Waals surface area contributed by atoms with Crippen molar-refractivity contribution in [1.82, 2.24) is 9.55 Å². The fraction of sp³-hybridized carbons (Fsp3) is 0.125. The second-order valence-electron chi connectivity index (χ2n) is 5.48. The molecule has 0 amide bonds. The van der Waals surface area contributed by atoms with Crippen LogP contribution in [0.4, 0.5) is 17.1 Å². The van der Waals surface area contributed by atoms with Crippen LogP contribution in [0, 0.1) is 20.2 Å². The first-order valence-electron chi connectivity index (χ1n) is 7.50. The van der Waals surface area contributed by atoms with Crippen molar-refractivity contribution in [2.24, 2.45) is 7.05 Å². The summed E-state index contributed by atoms with van der Waals surface area (Å²) in [5, 5.41) is 25.3. The Labute approximate surface area is 146 Å². The molecule has 0 aliphatic rings. The molecule has 10 heteroatoms. The van der Waals surface area contributed by atoms with E-state index >= 15 is 0 Å². The van der Waals surface area contributed by atoms with Crippen LogP contribution in [0.25, 0.3) is 10.9 Å². The highest BCUT2D eigenvalue weighted by Crippen LogP contribution is 2.29. The number of hydrogen-bond donors (Lipinski definition) is 1. The van der Waals surface area contributed by atoms with Gasteiger partial charge >= 0.3 is 0 Å². The van der Waals surface area contributed by atoms with E-state index in [1.807, 2.05) is 0 Å². The Hall–Kier alpha value is -3.82. The summed E-state index contributed by atoms with van der Waals surface area (Å²) in [5.74, 6) is 0.376. The molecule has 1 heterocycles. The van der Waals surface area contributed by atoms with Gasteiger partial charge < -0.3 is 5.32 Å². The SMILES string of the molecule is Cn1c(CNc2ccc([N+](=O)[O-])cc2[N+](=O)[O-])nc2ccccc2c1=O. The standard InChI is InChI=1S/C16H13N5O5/c1-19-15(18-12-5-3-2-4-11(12)16(19)22)9-17-13-7-6-10(20(23)24)8-14(13)21(25)26/h2-8,17H,9H2,1H3. The number of nitro groups is 2. The van der Waals surface area contributed by atoms with Crippen LogP contribution in [-0.4, -0.2) is 19.4 Å². The third-order valence-electron chi connectivity index (χ3n) is 3.90. The predicted octanol–water partition coefficient (Wildman–Crippen LogP) is 2.36. The first-order chi connectivity index (χ1) is 12.4. The second-order valence-corrected chi connectivity index (χ2v) is 5.48. The summed E-state index contributed by atoms with van der Waals surface area (Å²) in [6.07, 6.45) is 0. The monoisotopic (exact) mass is 355 g/mol. The number of benzene rings is 2. The quantitative estimate of drug-likeness (QED) is 0.548. The van der Waals surface area contributed by atoms with Crippen molar-refractivity contribution in [2.75, 3.05) is 5.32 Å². The number of fused-ring (bicyclic) bond motifs is 1. The molecule has 0 fully saturated rings. The highest BCUT2D eigenvalue weighted by Gasteiger charge is 2.19. The molecular weight excluding hydrogens is 342 g/mol. The van der Waals surface area contributed by atoms with Gasteiger partial charge in [-0.25, -0.2) is 4.98 Å². The molecular formula is C16H13N5O5. The lowest BCUT2D eigenvalue weighted by Gasteiger charge is -2.11. The minimum absolute atomic E-state index is 0.0369. The Bertz CT molecular complexity index is 1090. The lowest BCUT2D eigenvalue weighted by atomic mass is 10.2. The zero-order valence-corrected chi connectivity index (χ0v) is 13.6. The molecule has 1 aromatic heterocycles. The molecule has 0 radical (unpaired) electrons. The predicted molar refractivity (Wildman–Crippen MR) is 94.1 cm³/mol. The average Bonchev–Trinajstić information content (AvgIpc) is 2.63. The third-order valence-corrected chi connectivity index (χ3v) is 3.90. The summed E-state index contributed by atoms with van der Waals surface area (Å²) in [6.45, 7) is 0.0369. The Balaban J connectivity index is 1.96. The van der Waals surface area contributed by atoms with E-state index in [1.54, 1.807) is 31.3 Å². The Morgan fingerprint density at radius 1 is 1.12 bits per heavy atom. The van der Waals surface area contributed by atoms with Crippen LogP contribution < -0.4 is 10.9 Å². The molecule has 3 rings (SSSR count). The Morgan fingerprint density at radius 3 is 2.54 bits per heavy atom. The number of nitrogens with zero attached hydrogens (tertiary/aromatic N) is 4. The first kappa shape index (κ1) is 17.0. The van der Waals surface area contributed by atoms with Crippen LogP contribution in [0.1, 0.15) is 5.82 Å². The van der Waals surface area contributed by atoms with Crippen molar-refractivity contribution < 1.29 is 9.85 Å². The molecule has 0 atom stereocenters. The molecule has 0 saturated heterocycles. The zero-order chi connectivity index (χ0) is 18.8. The molecule has 10 nitrogen and oxygen atoms in total. The number of nitrogens with one attached hydrogen (secondary N) is 1. The van der Waals surface area contributed by atoms with E-state index in [1.165, 1.54) is 16.7 Å². The van der Waals surface area contributed by atoms with Crippen LogP contribution in [0.2, 0.25) is 0 Å². The normalized spacial score (nSPS) is 10.7. The number of non-ortho nitro benzene ring substituents is 1. The van der Waals surface area contributed by atoms with Gasteiger partial charge in [-0.2, -0.15) is 0 Å². The minimum atomic E-state index is -0.706. The van der Waals surface area contributed by atoms with Gasteiger partial charge in [-0.3, -0.25) is 29.6 Å². The van der Waals surface area contributed by atoms with Crippen molar-refractivity contribution >= 4 is 28.0 Å². The van der Waals surface area contributed by atoms with E-state index < -0.39 is 15.5 Å². The summed E-state index contributed by atoms with van der Waals surface area (Å²) in [6, 6.07) is 10.2. The number of anilines is 1. The number of hydrogen-bond acceptors (Lipinski definition) is 7. The lowest BCUT2D eigenvalue weighted by Crippen LogP contribution is -2.24. The van der Waals surface area contributed by atoms with Gasteiger partial charge in [0.1, 0.15) is 11.5 Å². The number of para-hydroxylation sites is 1. The summed E-state index contributed by atoms with van der Waals surface area (Å²) >= 11 is 0. The first-order valence-corrected chi connectivity index (χ1v) is 7.50. The van der Waals surface area contributed by atoms with Crippen LogP contribution in [0.15, 0.2) is 47.3 Å². The number of rotatable bonds is 5. The summed E-state index contributed by atoms with van der Waals surface area (Å²) in [4.78, 5) is 37.3. The van der Waals surface area contributed by atoms with Crippen LogP contribution in [0.5, 0.6) is 0 Å². The van der Waals surface area contributed by atoms with Gasteiger partial charge in [0.05, 0.1) is 33.4 Å².